The first kappa shape index (κ1) is 33.0. The van der Waals surface area contributed by atoms with Crippen molar-refractivity contribution in [3.63, 3.8) is 0 Å². The summed E-state index contributed by atoms with van der Waals surface area (Å²) in [4.78, 5) is 4.03. The molecule has 0 aliphatic heterocycles. The Kier molecular flexibility index (Phi) is 34.6. The number of hydrogen-bond acceptors (Lipinski definition) is 12. The van der Waals surface area contributed by atoms with Crippen molar-refractivity contribution in [3.8, 4) is 0 Å². The van der Waals surface area contributed by atoms with Crippen molar-refractivity contribution in [2.45, 2.75) is 0 Å². The molecule has 0 spiro atoms. The molecule has 0 atom stereocenters. The average molecular weight is 434 g/mol. The Morgan fingerprint density at radius 3 is 1.38 bits per heavy atom. The van der Waals surface area contributed by atoms with Gasteiger partial charge in [-0.25, -0.2) is 10.5 Å². The molecule has 0 aliphatic rings. The van der Waals surface area contributed by atoms with Gasteiger partial charge in [-0.3, -0.25) is 9.80 Å². The van der Waals surface area contributed by atoms with Crippen molar-refractivity contribution >= 4 is 83.2 Å². The normalized spacial score (nSPS) is 10.8. The Morgan fingerprint density at radius 1 is 0.692 bits per heavy atom. The molecule has 144 valence electrons. The van der Waals surface area contributed by atoms with Gasteiger partial charge < -0.3 is 9.47 Å². The Bertz CT molecular complexity index is 245. The van der Waals surface area contributed by atoms with Gasteiger partial charge in [0.15, 0.2) is 0 Å². The van der Waals surface area contributed by atoms with Crippen LogP contribution in [-0.4, -0.2) is 144 Å². The first-order valence-corrected chi connectivity index (χ1v) is 8.80. The van der Waals surface area contributed by atoms with Crippen LogP contribution in [-0.2, 0) is 28.2 Å². The summed E-state index contributed by atoms with van der Waals surface area (Å²) < 4.78 is 18.9. The van der Waals surface area contributed by atoms with Crippen molar-refractivity contribution in [1.29, 1.82) is 0 Å². The third kappa shape index (κ3) is 22.6. The zero-order chi connectivity index (χ0) is 17.9. The molecular weight excluding hydrogens is 410 g/mol. The van der Waals surface area contributed by atoms with E-state index in [0.717, 1.165) is 37.2 Å². The first-order chi connectivity index (χ1) is 11.8. The van der Waals surface area contributed by atoms with Gasteiger partial charge in [-0.05, 0) is 13.8 Å². The third-order valence-corrected chi connectivity index (χ3v) is 3.61. The van der Waals surface area contributed by atoms with Crippen molar-refractivity contribution in [2.75, 3.05) is 64.4 Å². The fourth-order valence-electron chi connectivity index (χ4n) is 1.53. The van der Waals surface area contributed by atoms with Crippen molar-refractivity contribution in [2.24, 2.45) is 0 Å². The molecule has 0 aromatic rings. The zero-order valence-electron chi connectivity index (χ0n) is 15.3. The van der Waals surface area contributed by atoms with Gasteiger partial charge in [0.25, 0.3) is 0 Å². The van der Waals surface area contributed by atoms with Crippen molar-refractivity contribution in [1.82, 2.24) is 9.80 Å². The van der Waals surface area contributed by atoms with Crippen LogP contribution in [0.3, 0.4) is 0 Å². The smallest absolute Gasteiger partial charge is 0.121 e. The molecule has 2 N–H and O–H groups in total. The summed E-state index contributed by atoms with van der Waals surface area (Å²) in [6.07, 6.45) is 0. The molecule has 6 radical (unpaired) electrons. The third-order valence-electron chi connectivity index (χ3n) is 2.77. The number of rotatable bonds is 19. The first-order valence-electron chi connectivity index (χ1n) is 6.98. The molecule has 0 bridgehead atoms. The van der Waals surface area contributed by atoms with Gasteiger partial charge in [0.2, 0.25) is 0 Å². The van der Waals surface area contributed by atoms with Crippen molar-refractivity contribution < 1.29 is 38.7 Å². The minimum absolute atomic E-state index is 0. The van der Waals surface area contributed by atoms with Gasteiger partial charge in [0.1, 0.15) is 11.9 Å². The van der Waals surface area contributed by atoms with Gasteiger partial charge in [0.05, 0.1) is 37.3 Å². The van der Waals surface area contributed by atoms with Crippen LogP contribution >= 0.6 is 24.1 Å². The molecule has 0 saturated heterocycles. The maximum Gasteiger partial charge on any atom is 0.121 e. The van der Waals surface area contributed by atoms with E-state index in [0.29, 0.717) is 39.4 Å². The molecule has 14 heteroatoms. The minimum Gasteiger partial charge on any atom is -0.367 e. The second-order valence-corrected chi connectivity index (χ2v) is 5.39. The summed E-state index contributed by atoms with van der Waals surface area (Å²) in [5, 5.41) is 22.7. The molecular formula is C12H24N2Na2O8S2. The van der Waals surface area contributed by atoms with E-state index in [1.54, 1.807) is 0 Å². The molecule has 10 nitrogen and oxygen atoms in total. The fourth-order valence-corrected chi connectivity index (χ4v) is 2.06. The summed E-state index contributed by atoms with van der Waals surface area (Å²) in [5.41, 5.74) is 0. The predicted molar refractivity (Wildman–Crippen MR) is 99.4 cm³/mol. The van der Waals surface area contributed by atoms with Crippen LogP contribution in [0.4, 0.5) is 0 Å². The maximum absolute atomic E-state index is 7.94. The Labute approximate surface area is 208 Å². The van der Waals surface area contributed by atoms with Gasteiger partial charge >= 0.3 is 0 Å². The van der Waals surface area contributed by atoms with Crippen LogP contribution in [0.5, 0.6) is 0 Å². The Morgan fingerprint density at radius 2 is 1.08 bits per heavy atom. The minimum atomic E-state index is 0. The summed E-state index contributed by atoms with van der Waals surface area (Å²) in [7, 11) is 0. The Balaban J connectivity index is -0.00000264. The monoisotopic (exact) mass is 434 g/mol. The van der Waals surface area contributed by atoms with E-state index in [-0.39, 0.29) is 71.0 Å². The zero-order valence-corrected chi connectivity index (χ0v) is 20.9. The molecule has 0 rings (SSSR count). The molecule has 0 aromatic carbocycles. The van der Waals surface area contributed by atoms with E-state index >= 15 is 0 Å². The van der Waals surface area contributed by atoms with Gasteiger partial charge in [-0.15, -0.1) is 8.67 Å². The average Bonchev–Trinajstić information content (AvgIpc) is 2.61. The molecule has 0 aliphatic carbocycles. The van der Waals surface area contributed by atoms with Crippen LogP contribution in [0.15, 0.2) is 0 Å². The fraction of sp³-hybridized carbons (Fsp3) is 0.833. The molecule has 0 amide bonds. The number of hydrogen-bond donors (Lipinski definition) is 2. The van der Waals surface area contributed by atoms with Crippen LogP contribution in [0, 0.1) is 13.8 Å². The molecule has 0 saturated carbocycles. The Hall–Kier alpha value is 2.30. The summed E-state index contributed by atoms with van der Waals surface area (Å²) in [6.45, 7) is 15.9. The molecule has 0 fully saturated rings. The van der Waals surface area contributed by atoms with E-state index in [1.807, 2.05) is 9.80 Å². The summed E-state index contributed by atoms with van der Waals surface area (Å²) in [6, 6.07) is 0. The topological polar surface area (TPSA) is 102 Å². The second kappa shape index (κ2) is 27.3. The van der Waals surface area contributed by atoms with Crippen LogP contribution < -0.4 is 0 Å². The van der Waals surface area contributed by atoms with Crippen LogP contribution in [0.1, 0.15) is 0 Å². The van der Waals surface area contributed by atoms with Gasteiger partial charge in [-0.1, -0.05) is 10.1 Å². The van der Waals surface area contributed by atoms with Gasteiger partial charge in [0, 0.05) is 98.4 Å². The quantitative estimate of drug-likeness (QED) is 0.0732. The molecule has 0 unspecified atom stereocenters. The van der Waals surface area contributed by atoms with E-state index in [9.17, 15) is 0 Å². The number of nitrogens with zero attached hydrogens (tertiary/aromatic N) is 2. The van der Waals surface area contributed by atoms with E-state index in [1.165, 1.54) is 0 Å². The SMILES string of the molecule is [CH]CN(CCOCSOOO)CCN(C[CH])CCOCSOOO.[Na].[Na]. The second-order valence-electron chi connectivity index (χ2n) is 4.17. The maximum atomic E-state index is 7.94. The number of ether oxygens (including phenoxy) is 2. The molecule has 0 aromatic heterocycles. The van der Waals surface area contributed by atoms with E-state index in [2.05, 4.69) is 18.7 Å². The summed E-state index contributed by atoms with van der Waals surface area (Å²) in [5.74, 6) is 0.461. The molecule has 0 heterocycles. The van der Waals surface area contributed by atoms with Gasteiger partial charge in [-0.2, -0.15) is 0 Å². The standard InChI is InChI=1S/C12H24N2O8S2.2Na/c1-3-13(7-9-17-11-23-21-19-15)5-6-14(4-2)8-10-18-12-24-22-20-16;;/h1-2,15-16H,3-12H2;;. The van der Waals surface area contributed by atoms with Crippen molar-refractivity contribution in [3.05, 3.63) is 13.8 Å². The van der Waals surface area contributed by atoms with Crippen LogP contribution in [0.25, 0.3) is 0 Å². The van der Waals surface area contributed by atoms with E-state index < -0.39 is 0 Å². The summed E-state index contributed by atoms with van der Waals surface area (Å²) >= 11 is 1.67. The largest absolute Gasteiger partial charge is 0.367 e. The van der Waals surface area contributed by atoms with Crippen LogP contribution in [0.2, 0.25) is 0 Å². The van der Waals surface area contributed by atoms with E-state index in [4.69, 9.17) is 33.8 Å². The molecule has 26 heavy (non-hydrogen) atoms. The predicted octanol–water partition coefficient (Wildman–Crippen LogP) is 0.338.